The minimum Gasteiger partial charge on any atom is -0.493 e. The van der Waals surface area contributed by atoms with Gasteiger partial charge >= 0.3 is 15.6 Å². The van der Waals surface area contributed by atoms with Gasteiger partial charge in [0, 0.05) is 6.07 Å². The SMILES string of the molecule is COc1cc(OS(=O)(=O)C(F)(F)F)cc(C)c1OC. The number of halogens is 3. The van der Waals surface area contributed by atoms with Gasteiger partial charge in [-0.05, 0) is 18.6 Å². The molecule has 9 heteroatoms. The summed E-state index contributed by atoms with van der Waals surface area (Å²) in [6.45, 7) is 1.51. The van der Waals surface area contributed by atoms with Gasteiger partial charge in [0.05, 0.1) is 14.2 Å². The first kappa shape index (κ1) is 15.4. The third-order valence-electron chi connectivity index (χ3n) is 2.13. The topological polar surface area (TPSA) is 61.8 Å². The van der Waals surface area contributed by atoms with Gasteiger partial charge in [-0.25, -0.2) is 0 Å². The van der Waals surface area contributed by atoms with E-state index in [0.717, 1.165) is 12.1 Å². The van der Waals surface area contributed by atoms with Gasteiger partial charge in [-0.1, -0.05) is 0 Å². The number of alkyl halides is 3. The molecule has 0 atom stereocenters. The van der Waals surface area contributed by atoms with Gasteiger partial charge in [-0.3, -0.25) is 0 Å². The van der Waals surface area contributed by atoms with Crippen molar-refractivity contribution in [2.45, 2.75) is 12.4 Å². The van der Waals surface area contributed by atoms with Gasteiger partial charge in [0.2, 0.25) is 0 Å². The zero-order valence-corrected chi connectivity index (χ0v) is 11.1. The molecule has 0 aliphatic heterocycles. The van der Waals surface area contributed by atoms with Crippen LogP contribution in [-0.2, 0) is 10.1 Å². The average molecular weight is 300 g/mol. The summed E-state index contributed by atoms with van der Waals surface area (Å²) in [6, 6.07) is 2.10. The number of methoxy groups -OCH3 is 2. The molecule has 1 aromatic rings. The molecule has 0 saturated carbocycles. The van der Waals surface area contributed by atoms with E-state index in [2.05, 4.69) is 4.18 Å². The molecule has 0 heterocycles. The second-order valence-corrected chi connectivity index (χ2v) is 5.00. The Morgan fingerprint density at radius 3 is 2.11 bits per heavy atom. The normalized spacial score (nSPS) is 12.1. The molecule has 0 spiro atoms. The maximum atomic E-state index is 12.2. The smallest absolute Gasteiger partial charge is 0.493 e. The van der Waals surface area contributed by atoms with Crippen LogP contribution in [0.5, 0.6) is 17.2 Å². The molecule has 1 rings (SSSR count). The molecule has 108 valence electrons. The Labute approximate surface area is 108 Å². The van der Waals surface area contributed by atoms with Gasteiger partial charge in [0.1, 0.15) is 5.75 Å². The molecule has 0 amide bonds. The lowest BCUT2D eigenvalue weighted by molar-refractivity contribution is -0.0500. The van der Waals surface area contributed by atoms with Crippen molar-refractivity contribution in [3.8, 4) is 17.2 Å². The Morgan fingerprint density at radius 2 is 1.68 bits per heavy atom. The van der Waals surface area contributed by atoms with Crippen LogP contribution in [0.4, 0.5) is 13.2 Å². The molecule has 0 unspecified atom stereocenters. The van der Waals surface area contributed by atoms with E-state index in [1.807, 2.05) is 0 Å². The van der Waals surface area contributed by atoms with E-state index in [0.29, 0.717) is 5.56 Å². The van der Waals surface area contributed by atoms with E-state index in [9.17, 15) is 21.6 Å². The molecule has 0 fully saturated rings. The van der Waals surface area contributed by atoms with Crippen LogP contribution < -0.4 is 13.7 Å². The highest BCUT2D eigenvalue weighted by Crippen LogP contribution is 2.36. The minimum atomic E-state index is -5.71. The van der Waals surface area contributed by atoms with Crippen molar-refractivity contribution < 1.29 is 35.2 Å². The first-order chi connectivity index (χ1) is 8.62. The predicted octanol–water partition coefficient (Wildman–Crippen LogP) is 2.24. The lowest BCUT2D eigenvalue weighted by Crippen LogP contribution is -2.28. The fraction of sp³-hybridized carbons (Fsp3) is 0.400. The second-order valence-electron chi connectivity index (χ2n) is 3.46. The summed E-state index contributed by atoms with van der Waals surface area (Å²) in [5.41, 5.74) is -5.12. The summed E-state index contributed by atoms with van der Waals surface area (Å²) in [4.78, 5) is 0. The molecule has 0 saturated heterocycles. The third kappa shape index (κ3) is 3.22. The first-order valence-electron chi connectivity index (χ1n) is 4.85. The Hall–Kier alpha value is -1.64. The summed E-state index contributed by atoms with van der Waals surface area (Å²) in [5, 5.41) is 0. The van der Waals surface area contributed by atoms with Crippen molar-refractivity contribution in [2.75, 3.05) is 14.2 Å². The standard InChI is InChI=1S/C10H11F3O5S/c1-6-4-7(5-8(16-2)9(6)17-3)18-19(14,15)10(11,12)13/h4-5H,1-3H3. The minimum absolute atomic E-state index is 0.0647. The summed E-state index contributed by atoms with van der Waals surface area (Å²) in [7, 11) is -3.10. The van der Waals surface area contributed by atoms with Crippen molar-refractivity contribution in [3.05, 3.63) is 17.7 Å². The summed E-state index contributed by atoms with van der Waals surface area (Å²) < 4.78 is 72.1. The number of rotatable bonds is 4. The monoisotopic (exact) mass is 300 g/mol. The highest BCUT2D eigenvalue weighted by Gasteiger charge is 2.48. The van der Waals surface area contributed by atoms with Crippen molar-refractivity contribution in [1.82, 2.24) is 0 Å². The molecule has 0 N–H and O–H groups in total. The zero-order valence-electron chi connectivity index (χ0n) is 10.2. The number of benzene rings is 1. The summed E-state index contributed by atoms with van der Waals surface area (Å²) in [5.74, 6) is -0.165. The third-order valence-corrected chi connectivity index (χ3v) is 3.11. The van der Waals surface area contributed by atoms with Crippen LogP contribution in [0.3, 0.4) is 0 Å². The van der Waals surface area contributed by atoms with Crippen LogP contribution in [0.15, 0.2) is 12.1 Å². The van der Waals surface area contributed by atoms with Crippen LogP contribution >= 0.6 is 0 Å². The molecule has 5 nitrogen and oxygen atoms in total. The molecule has 0 aromatic heterocycles. The first-order valence-corrected chi connectivity index (χ1v) is 6.26. The largest absolute Gasteiger partial charge is 0.534 e. The fourth-order valence-corrected chi connectivity index (χ4v) is 1.79. The average Bonchev–Trinajstić information content (AvgIpc) is 2.26. The van der Waals surface area contributed by atoms with Crippen molar-refractivity contribution >= 4 is 10.1 Å². The Morgan fingerprint density at radius 1 is 1.11 bits per heavy atom. The van der Waals surface area contributed by atoms with Crippen LogP contribution in [0.1, 0.15) is 5.56 Å². The Balaban J connectivity index is 3.22. The van der Waals surface area contributed by atoms with E-state index in [1.54, 1.807) is 0 Å². The molecule has 1 aromatic carbocycles. The highest BCUT2D eigenvalue weighted by molar-refractivity contribution is 7.88. The van der Waals surface area contributed by atoms with Gasteiger partial charge in [0.15, 0.2) is 11.5 Å². The number of aryl methyl sites for hydroxylation is 1. The van der Waals surface area contributed by atoms with Crippen LogP contribution in [-0.4, -0.2) is 28.1 Å². The lowest BCUT2D eigenvalue weighted by atomic mass is 10.2. The van der Waals surface area contributed by atoms with Gasteiger partial charge in [-0.2, -0.15) is 21.6 Å². The summed E-state index contributed by atoms with van der Waals surface area (Å²) in [6.07, 6.45) is 0. The highest BCUT2D eigenvalue weighted by atomic mass is 32.2. The van der Waals surface area contributed by atoms with E-state index in [1.165, 1.54) is 21.1 Å². The Bertz CT molecular complexity index is 565. The van der Waals surface area contributed by atoms with E-state index < -0.39 is 21.4 Å². The molecule has 19 heavy (non-hydrogen) atoms. The predicted molar refractivity (Wildman–Crippen MR) is 59.9 cm³/mol. The van der Waals surface area contributed by atoms with Crippen molar-refractivity contribution in [2.24, 2.45) is 0 Å². The molecular weight excluding hydrogens is 289 g/mol. The maximum absolute atomic E-state index is 12.2. The van der Waals surface area contributed by atoms with E-state index >= 15 is 0 Å². The Kier molecular flexibility index (Phi) is 4.18. The molecular formula is C10H11F3O5S. The quantitative estimate of drug-likeness (QED) is 0.630. The van der Waals surface area contributed by atoms with Crippen LogP contribution in [0, 0.1) is 6.92 Å². The van der Waals surface area contributed by atoms with Crippen molar-refractivity contribution in [1.29, 1.82) is 0 Å². The lowest BCUT2D eigenvalue weighted by Gasteiger charge is -2.14. The fourth-order valence-electron chi connectivity index (χ4n) is 1.34. The van der Waals surface area contributed by atoms with Crippen LogP contribution in [0.2, 0.25) is 0 Å². The van der Waals surface area contributed by atoms with Crippen LogP contribution in [0.25, 0.3) is 0 Å². The van der Waals surface area contributed by atoms with Crippen molar-refractivity contribution in [3.63, 3.8) is 0 Å². The van der Waals surface area contributed by atoms with Gasteiger partial charge in [0.25, 0.3) is 0 Å². The number of hydrogen-bond donors (Lipinski definition) is 0. The zero-order chi connectivity index (χ0) is 14.8. The number of ether oxygens (including phenoxy) is 2. The molecule has 0 bridgehead atoms. The second kappa shape index (κ2) is 5.16. The summed E-state index contributed by atoms with van der Waals surface area (Å²) >= 11 is 0. The van der Waals surface area contributed by atoms with E-state index in [-0.39, 0.29) is 11.5 Å². The molecule has 0 aliphatic rings. The van der Waals surface area contributed by atoms with Gasteiger partial charge in [-0.15, -0.1) is 0 Å². The molecule has 0 aliphatic carbocycles. The molecule has 0 radical (unpaired) electrons. The number of hydrogen-bond acceptors (Lipinski definition) is 5. The maximum Gasteiger partial charge on any atom is 0.534 e. The van der Waals surface area contributed by atoms with Gasteiger partial charge < -0.3 is 13.7 Å². The van der Waals surface area contributed by atoms with E-state index in [4.69, 9.17) is 9.47 Å².